The Morgan fingerprint density at radius 2 is 1.93 bits per heavy atom. The average molecular weight is 435 g/mol. The van der Waals surface area contributed by atoms with Crippen LogP contribution in [0.25, 0.3) is 0 Å². The van der Waals surface area contributed by atoms with E-state index >= 15 is 0 Å². The number of halogens is 1. The number of benzene rings is 2. The van der Waals surface area contributed by atoms with Crippen molar-refractivity contribution >= 4 is 27.4 Å². The second-order valence-electron chi connectivity index (χ2n) is 7.05. The number of hydrogen-bond acceptors (Lipinski definition) is 5. The second-order valence-corrected chi connectivity index (χ2v) is 9.98. The highest BCUT2D eigenvalue weighted by atomic mass is 35.5. The fraction of sp³-hybridized carbons (Fsp3) is 0.286. The fourth-order valence-corrected chi connectivity index (χ4v) is 5.29. The van der Waals surface area contributed by atoms with Crippen molar-refractivity contribution in [1.82, 2.24) is 0 Å². The van der Waals surface area contributed by atoms with Gasteiger partial charge in [0.25, 0.3) is 0 Å². The molecule has 0 aromatic heterocycles. The van der Waals surface area contributed by atoms with Gasteiger partial charge in [0.1, 0.15) is 16.6 Å². The van der Waals surface area contributed by atoms with E-state index < -0.39 is 33.3 Å². The van der Waals surface area contributed by atoms with Gasteiger partial charge in [0.15, 0.2) is 16.4 Å². The first kappa shape index (κ1) is 21.2. The van der Waals surface area contributed by atoms with Gasteiger partial charge in [-0.05, 0) is 44.2 Å². The highest BCUT2D eigenvalue weighted by Gasteiger charge is 2.52. The molecule has 6 nitrogen and oxygen atoms in total. The van der Waals surface area contributed by atoms with E-state index in [2.05, 4.69) is 11.8 Å². The van der Waals surface area contributed by atoms with Crippen molar-refractivity contribution in [1.29, 1.82) is 0 Å². The van der Waals surface area contributed by atoms with Crippen LogP contribution < -0.4 is 4.74 Å². The maximum absolute atomic E-state index is 12.9. The predicted molar refractivity (Wildman–Crippen MR) is 108 cm³/mol. The van der Waals surface area contributed by atoms with Gasteiger partial charge in [-0.1, -0.05) is 29.5 Å². The predicted octanol–water partition coefficient (Wildman–Crippen LogP) is 3.46. The highest BCUT2D eigenvalue weighted by molar-refractivity contribution is 7.93. The lowest BCUT2D eigenvalue weighted by molar-refractivity contribution is -0.139. The third-order valence-corrected chi connectivity index (χ3v) is 7.55. The molecular weight excluding hydrogens is 416 g/mol. The maximum Gasteiger partial charge on any atom is 0.341 e. The number of carboxylic acid groups (broad SMARTS) is 1. The Balaban J connectivity index is 2.01. The summed E-state index contributed by atoms with van der Waals surface area (Å²) >= 11 is 6.01. The van der Waals surface area contributed by atoms with Crippen LogP contribution in [0.4, 0.5) is 0 Å². The minimum absolute atomic E-state index is 0.203. The first-order chi connectivity index (χ1) is 13.6. The summed E-state index contributed by atoms with van der Waals surface area (Å²) in [5.74, 6) is 4.95. The van der Waals surface area contributed by atoms with E-state index in [4.69, 9.17) is 26.2 Å². The summed E-state index contributed by atoms with van der Waals surface area (Å²) in [7, 11) is -2.10. The van der Waals surface area contributed by atoms with E-state index in [-0.39, 0.29) is 10.6 Å². The Morgan fingerprint density at radius 3 is 2.59 bits per heavy atom. The van der Waals surface area contributed by atoms with E-state index in [1.165, 1.54) is 19.2 Å². The Bertz CT molecular complexity index is 1140. The van der Waals surface area contributed by atoms with Gasteiger partial charge in [-0.2, -0.15) is 0 Å². The van der Waals surface area contributed by atoms with Crippen LogP contribution in [0, 0.1) is 11.8 Å². The van der Waals surface area contributed by atoms with Gasteiger partial charge < -0.3 is 14.6 Å². The first-order valence-corrected chi connectivity index (χ1v) is 10.5. The summed E-state index contributed by atoms with van der Waals surface area (Å²) in [5, 5.41) is 9.21. The number of ether oxygens (including phenoxy) is 2. The van der Waals surface area contributed by atoms with Crippen molar-refractivity contribution < 1.29 is 27.8 Å². The lowest BCUT2D eigenvalue weighted by atomic mass is 9.98. The summed E-state index contributed by atoms with van der Waals surface area (Å²) in [5.41, 5.74) is 1.50. The normalized spacial score (nSPS) is 18.4. The molecule has 29 heavy (non-hydrogen) atoms. The molecule has 8 heteroatoms. The smallest absolute Gasteiger partial charge is 0.341 e. The van der Waals surface area contributed by atoms with Crippen LogP contribution in [0.5, 0.6) is 5.75 Å². The zero-order chi connectivity index (χ0) is 21.4. The molecule has 2 aromatic carbocycles. The van der Waals surface area contributed by atoms with Crippen molar-refractivity contribution in [2.45, 2.75) is 29.6 Å². The molecule has 1 unspecified atom stereocenters. The molecule has 0 amide bonds. The Hall–Kier alpha value is -2.53. The SMILES string of the molecule is COC1c2ccc(C#Cc3cc(Cl)ccc3OCC(=O)O)cc2S(=O)(=O)C1(C)C. The summed E-state index contributed by atoms with van der Waals surface area (Å²) in [6.45, 7) is 2.76. The van der Waals surface area contributed by atoms with Gasteiger partial charge in [0, 0.05) is 23.3 Å². The molecule has 1 atom stereocenters. The van der Waals surface area contributed by atoms with Crippen LogP contribution in [-0.4, -0.2) is 38.0 Å². The zero-order valence-corrected chi connectivity index (χ0v) is 17.6. The van der Waals surface area contributed by atoms with Crippen LogP contribution in [0.2, 0.25) is 5.02 Å². The molecule has 1 N–H and O–H groups in total. The highest BCUT2D eigenvalue weighted by Crippen LogP contribution is 2.48. The quantitative estimate of drug-likeness (QED) is 0.741. The lowest BCUT2D eigenvalue weighted by Gasteiger charge is -2.24. The van der Waals surface area contributed by atoms with Crippen LogP contribution in [-0.2, 0) is 19.4 Å². The van der Waals surface area contributed by atoms with Crippen molar-refractivity contribution in [2.24, 2.45) is 0 Å². The van der Waals surface area contributed by atoms with E-state index in [9.17, 15) is 13.2 Å². The summed E-state index contributed by atoms with van der Waals surface area (Å²) in [4.78, 5) is 11.0. The van der Waals surface area contributed by atoms with Crippen molar-refractivity contribution in [3.63, 3.8) is 0 Å². The Labute approximate surface area is 174 Å². The van der Waals surface area contributed by atoms with E-state index in [1.807, 2.05) is 0 Å². The molecule has 1 aliphatic heterocycles. The first-order valence-electron chi connectivity index (χ1n) is 8.65. The number of carbonyl (C=O) groups is 1. The summed E-state index contributed by atoms with van der Waals surface area (Å²) in [6.07, 6.45) is -0.562. The standard InChI is InChI=1S/C21H19ClO6S/c1-21(2)20(27-3)16-8-5-13(10-18(16)29(21,25)26)4-6-14-11-15(22)7-9-17(14)28-12-19(23)24/h5,7-11,20H,12H2,1-3H3,(H,23,24). The van der Waals surface area contributed by atoms with Gasteiger partial charge in [-0.15, -0.1) is 0 Å². The van der Waals surface area contributed by atoms with Gasteiger partial charge in [-0.3, -0.25) is 0 Å². The molecule has 0 radical (unpaired) electrons. The number of carboxylic acids is 1. The van der Waals surface area contributed by atoms with E-state index in [0.717, 1.165) is 0 Å². The van der Waals surface area contributed by atoms with Crippen molar-refractivity contribution in [2.75, 3.05) is 13.7 Å². The Morgan fingerprint density at radius 1 is 1.21 bits per heavy atom. The molecular formula is C21H19ClO6S. The molecule has 0 aliphatic carbocycles. The summed E-state index contributed by atoms with van der Waals surface area (Å²) in [6, 6.07) is 9.62. The van der Waals surface area contributed by atoms with Crippen molar-refractivity contribution in [3.05, 3.63) is 58.1 Å². The molecule has 0 bridgehead atoms. The minimum atomic E-state index is -3.59. The monoisotopic (exact) mass is 434 g/mol. The topological polar surface area (TPSA) is 89.9 Å². The summed E-state index contributed by atoms with van der Waals surface area (Å²) < 4.78 is 35.4. The third-order valence-electron chi connectivity index (χ3n) is 4.78. The molecule has 1 aliphatic rings. The molecule has 0 fully saturated rings. The molecule has 0 saturated heterocycles. The number of methoxy groups -OCH3 is 1. The van der Waals surface area contributed by atoms with Gasteiger partial charge >= 0.3 is 5.97 Å². The molecule has 0 saturated carbocycles. The number of aliphatic carboxylic acids is 1. The van der Waals surface area contributed by atoms with Gasteiger partial charge in [0.05, 0.1) is 10.5 Å². The maximum atomic E-state index is 12.9. The van der Waals surface area contributed by atoms with Crippen LogP contribution in [0.1, 0.15) is 36.6 Å². The number of sulfone groups is 1. The fourth-order valence-electron chi connectivity index (χ4n) is 3.28. The molecule has 0 spiro atoms. The number of hydrogen-bond donors (Lipinski definition) is 1. The van der Waals surface area contributed by atoms with Crippen molar-refractivity contribution in [3.8, 4) is 17.6 Å². The average Bonchev–Trinajstić information content (AvgIpc) is 2.80. The Kier molecular flexibility index (Phi) is 5.63. The third kappa shape index (κ3) is 3.84. The lowest BCUT2D eigenvalue weighted by Crippen LogP contribution is -2.33. The van der Waals surface area contributed by atoms with E-state index in [1.54, 1.807) is 38.1 Å². The zero-order valence-electron chi connectivity index (χ0n) is 16.0. The van der Waals surface area contributed by atoms with Gasteiger partial charge in [0.2, 0.25) is 0 Å². The molecule has 3 rings (SSSR count). The molecule has 2 aromatic rings. The largest absolute Gasteiger partial charge is 0.481 e. The molecule has 1 heterocycles. The second kappa shape index (κ2) is 7.71. The number of fused-ring (bicyclic) bond motifs is 1. The van der Waals surface area contributed by atoms with Crippen LogP contribution in [0.15, 0.2) is 41.3 Å². The van der Waals surface area contributed by atoms with Crippen LogP contribution in [0.3, 0.4) is 0 Å². The minimum Gasteiger partial charge on any atom is -0.481 e. The van der Waals surface area contributed by atoms with Gasteiger partial charge in [-0.25, -0.2) is 13.2 Å². The van der Waals surface area contributed by atoms with Crippen LogP contribution >= 0.6 is 11.6 Å². The van der Waals surface area contributed by atoms with E-state index in [0.29, 0.717) is 21.7 Å². The molecule has 152 valence electrons. The number of rotatable bonds is 4.